The third kappa shape index (κ3) is 6.03. The highest BCUT2D eigenvalue weighted by atomic mass is 32.2. The van der Waals surface area contributed by atoms with E-state index in [-0.39, 0.29) is 11.3 Å². The number of carbonyl (C=O) groups excluding carboxylic acids is 1. The van der Waals surface area contributed by atoms with E-state index in [9.17, 15) is 23.1 Å². The molecule has 0 spiro atoms. The molecule has 0 saturated carbocycles. The quantitative estimate of drug-likeness (QED) is 0.462. The first-order valence-electron chi connectivity index (χ1n) is 9.97. The van der Waals surface area contributed by atoms with Gasteiger partial charge in [-0.3, -0.25) is 4.79 Å². The molecule has 166 valence electrons. The van der Waals surface area contributed by atoms with E-state index >= 15 is 0 Å². The van der Waals surface area contributed by atoms with Crippen LogP contribution in [0.25, 0.3) is 0 Å². The van der Waals surface area contributed by atoms with Gasteiger partial charge in [0.15, 0.2) is 0 Å². The van der Waals surface area contributed by atoms with Crippen LogP contribution in [0, 0.1) is 6.92 Å². The smallest absolute Gasteiger partial charge is 0.326 e. The summed E-state index contributed by atoms with van der Waals surface area (Å²) in [6, 6.07) is 20.9. The van der Waals surface area contributed by atoms with Gasteiger partial charge in [-0.25, -0.2) is 13.2 Å². The van der Waals surface area contributed by atoms with E-state index in [1.54, 1.807) is 66.7 Å². The Morgan fingerprint density at radius 3 is 2.00 bits per heavy atom. The Kier molecular flexibility index (Phi) is 7.40. The summed E-state index contributed by atoms with van der Waals surface area (Å²) < 4.78 is 28.3. The molecule has 0 bridgehead atoms. The third-order valence-corrected chi connectivity index (χ3v) is 6.34. The van der Waals surface area contributed by atoms with Crippen molar-refractivity contribution in [2.24, 2.45) is 0 Å². The van der Waals surface area contributed by atoms with Crippen LogP contribution in [-0.2, 0) is 26.0 Å². The number of hydrogen-bond acceptors (Lipinski definition) is 4. The van der Waals surface area contributed by atoms with E-state index in [0.717, 1.165) is 11.1 Å². The minimum absolute atomic E-state index is 0.0101. The molecule has 3 aromatic rings. The summed E-state index contributed by atoms with van der Waals surface area (Å²) in [5.74, 6) is -1.97. The molecule has 3 N–H and O–H groups in total. The van der Waals surface area contributed by atoms with Crippen LogP contribution in [0.2, 0.25) is 0 Å². The topological polar surface area (TPSA) is 113 Å². The van der Waals surface area contributed by atoms with Gasteiger partial charge >= 0.3 is 5.97 Å². The molecule has 0 aliphatic heterocycles. The van der Waals surface area contributed by atoms with Crippen molar-refractivity contribution in [3.63, 3.8) is 0 Å². The summed E-state index contributed by atoms with van der Waals surface area (Å²) in [6.45, 7) is 1.84. The number of carboxylic acid groups (broad SMARTS) is 1. The fraction of sp³-hybridized carbons (Fsp3) is 0.167. The molecule has 3 rings (SSSR count). The average molecular weight is 453 g/mol. The zero-order valence-electron chi connectivity index (χ0n) is 17.4. The lowest BCUT2D eigenvalue weighted by atomic mass is 10.0. The lowest BCUT2D eigenvalue weighted by Crippen LogP contribution is -2.48. The normalized spacial score (nSPS) is 13.2. The summed E-state index contributed by atoms with van der Waals surface area (Å²) in [7, 11) is -4.04. The van der Waals surface area contributed by atoms with Crippen LogP contribution in [0.1, 0.15) is 22.7 Å². The molecular formula is C24H24N2O5S. The molecule has 0 aromatic heterocycles. The third-order valence-electron chi connectivity index (χ3n) is 4.90. The molecule has 0 radical (unpaired) electrons. The molecule has 1 unspecified atom stereocenters. The number of amides is 1. The monoisotopic (exact) mass is 452 g/mol. The Balaban J connectivity index is 1.87. The van der Waals surface area contributed by atoms with Gasteiger partial charge in [0.25, 0.3) is 0 Å². The van der Waals surface area contributed by atoms with Gasteiger partial charge in [0.2, 0.25) is 15.9 Å². The Morgan fingerprint density at radius 2 is 1.44 bits per heavy atom. The molecule has 0 saturated heterocycles. The van der Waals surface area contributed by atoms with Gasteiger partial charge < -0.3 is 10.4 Å². The van der Waals surface area contributed by atoms with Gasteiger partial charge in [-0.15, -0.1) is 0 Å². The van der Waals surface area contributed by atoms with Crippen LogP contribution < -0.4 is 10.0 Å². The number of hydrogen-bond donors (Lipinski definition) is 3. The lowest BCUT2D eigenvalue weighted by Gasteiger charge is -2.22. The van der Waals surface area contributed by atoms with Crippen LogP contribution in [0.5, 0.6) is 0 Å². The number of sulfonamides is 1. The van der Waals surface area contributed by atoms with Crippen LogP contribution in [0.4, 0.5) is 0 Å². The van der Waals surface area contributed by atoms with E-state index in [2.05, 4.69) is 10.0 Å². The minimum Gasteiger partial charge on any atom is -0.480 e. The maximum absolute atomic E-state index is 13.1. The van der Waals surface area contributed by atoms with Crippen molar-refractivity contribution in [2.45, 2.75) is 30.3 Å². The van der Waals surface area contributed by atoms with E-state index < -0.39 is 34.0 Å². The average Bonchev–Trinajstić information content (AvgIpc) is 2.78. The van der Waals surface area contributed by atoms with E-state index in [1.807, 2.05) is 13.0 Å². The Hall–Kier alpha value is -3.49. The van der Waals surface area contributed by atoms with Gasteiger partial charge in [-0.1, -0.05) is 78.4 Å². The summed E-state index contributed by atoms with van der Waals surface area (Å²) >= 11 is 0. The molecule has 0 heterocycles. The van der Waals surface area contributed by atoms with Crippen molar-refractivity contribution < 1.29 is 23.1 Å². The molecule has 0 aliphatic rings. The minimum atomic E-state index is -4.04. The second kappa shape index (κ2) is 10.2. The first-order chi connectivity index (χ1) is 15.3. The van der Waals surface area contributed by atoms with E-state index in [1.165, 1.54) is 12.1 Å². The zero-order valence-corrected chi connectivity index (χ0v) is 18.2. The molecule has 2 atom stereocenters. The number of benzene rings is 3. The maximum Gasteiger partial charge on any atom is 0.326 e. The Morgan fingerprint density at radius 1 is 0.875 bits per heavy atom. The molecule has 32 heavy (non-hydrogen) atoms. The van der Waals surface area contributed by atoms with Gasteiger partial charge in [0.05, 0.1) is 4.90 Å². The van der Waals surface area contributed by atoms with Gasteiger partial charge in [0.1, 0.15) is 12.1 Å². The second-order valence-corrected chi connectivity index (χ2v) is 9.08. The van der Waals surface area contributed by atoms with Gasteiger partial charge in [0, 0.05) is 6.42 Å². The van der Waals surface area contributed by atoms with Crippen molar-refractivity contribution in [3.8, 4) is 0 Å². The van der Waals surface area contributed by atoms with Crippen molar-refractivity contribution in [2.75, 3.05) is 0 Å². The van der Waals surface area contributed by atoms with Crippen LogP contribution >= 0.6 is 0 Å². The van der Waals surface area contributed by atoms with Crippen molar-refractivity contribution in [1.82, 2.24) is 10.0 Å². The predicted molar refractivity (Wildman–Crippen MR) is 120 cm³/mol. The standard InChI is InChI=1S/C24H24N2O5S/c1-17-12-14-20(15-13-17)32(30,31)26-22(19-10-6-3-7-11-19)23(27)25-21(24(28)29)16-18-8-4-2-5-9-18/h2-15,21-22,26H,16H2,1H3,(H,25,27)(H,28,29)/t21-,22?/m0/s1. The molecular weight excluding hydrogens is 428 g/mol. The molecule has 8 heteroatoms. The first kappa shape index (κ1) is 23.2. The zero-order chi connectivity index (χ0) is 23.1. The first-order valence-corrected chi connectivity index (χ1v) is 11.5. The van der Waals surface area contributed by atoms with E-state index in [4.69, 9.17) is 0 Å². The van der Waals surface area contributed by atoms with Crippen molar-refractivity contribution in [3.05, 3.63) is 102 Å². The van der Waals surface area contributed by atoms with Crippen LogP contribution in [-0.4, -0.2) is 31.4 Å². The SMILES string of the molecule is Cc1ccc(S(=O)(=O)NC(C(=O)N[C@@H](Cc2ccccc2)C(=O)O)c2ccccc2)cc1. The molecule has 0 fully saturated rings. The van der Waals surface area contributed by atoms with Gasteiger partial charge in [-0.2, -0.15) is 4.72 Å². The van der Waals surface area contributed by atoms with Crippen LogP contribution in [0.3, 0.4) is 0 Å². The molecule has 3 aromatic carbocycles. The highest BCUT2D eigenvalue weighted by molar-refractivity contribution is 7.89. The predicted octanol–water partition coefficient (Wildman–Crippen LogP) is 2.83. The summed E-state index contributed by atoms with van der Waals surface area (Å²) in [4.78, 5) is 24.9. The fourth-order valence-electron chi connectivity index (χ4n) is 3.16. The molecule has 0 aliphatic carbocycles. The summed E-state index contributed by atoms with van der Waals surface area (Å²) in [6.07, 6.45) is 0.0636. The van der Waals surface area contributed by atoms with E-state index in [0.29, 0.717) is 5.56 Å². The Bertz CT molecular complexity index is 1160. The lowest BCUT2D eigenvalue weighted by molar-refractivity contribution is -0.142. The van der Waals surface area contributed by atoms with Gasteiger partial charge in [-0.05, 0) is 30.2 Å². The summed E-state index contributed by atoms with van der Waals surface area (Å²) in [5.41, 5.74) is 2.02. The molecule has 7 nitrogen and oxygen atoms in total. The van der Waals surface area contributed by atoms with Crippen LogP contribution in [0.15, 0.2) is 89.8 Å². The number of nitrogens with one attached hydrogen (secondary N) is 2. The summed E-state index contributed by atoms with van der Waals surface area (Å²) in [5, 5.41) is 12.1. The molecule has 1 amide bonds. The number of aryl methyl sites for hydroxylation is 1. The Labute approximate surface area is 187 Å². The van der Waals surface area contributed by atoms with Crippen molar-refractivity contribution >= 4 is 21.9 Å². The van der Waals surface area contributed by atoms with Crippen molar-refractivity contribution in [1.29, 1.82) is 0 Å². The second-order valence-electron chi connectivity index (χ2n) is 7.37. The maximum atomic E-state index is 13.1. The highest BCUT2D eigenvalue weighted by Crippen LogP contribution is 2.19. The fourth-order valence-corrected chi connectivity index (χ4v) is 4.35. The number of aliphatic carboxylic acids is 1. The number of rotatable bonds is 9. The number of carbonyl (C=O) groups is 2. The number of carboxylic acids is 1. The highest BCUT2D eigenvalue weighted by Gasteiger charge is 2.30. The largest absolute Gasteiger partial charge is 0.480 e.